The largest absolute Gasteiger partial charge is 0.392 e. The molecular weight excluding hydrogens is 152 g/mol. The van der Waals surface area contributed by atoms with E-state index in [-0.39, 0.29) is 17.6 Å². The van der Waals surface area contributed by atoms with Gasteiger partial charge in [-0.15, -0.1) is 0 Å². The van der Waals surface area contributed by atoms with Gasteiger partial charge in [-0.2, -0.15) is 0 Å². The van der Waals surface area contributed by atoms with Crippen LogP contribution in [0.3, 0.4) is 0 Å². The molecule has 1 aliphatic carbocycles. The Morgan fingerprint density at radius 3 is 2.58 bits per heavy atom. The zero-order valence-corrected chi connectivity index (χ0v) is 7.79. The van der Waals surface area contributed by atoms with E-state index < -0.39 is 0 Å². The van der Waals surface area contributed by atoms with Gasteiger partial charge in [0.25, 0.3) is 0 Å². The number of nitrogens with two attached hydrogens (primary N) is 2. The maximum Gasteiger partial charge on any atom is 0.0609 e. The SMILES string of the molecule is CC1(C(O)CCCCN)CC1N. The first kappa shape index (κ1) is 9.96. The third-order valence-corrected chi connectivity index (χ3v) is 3.04. The summed E-state index contributed by atoms with van der Waals surface area (Å²) in [5, 5.41) is 9.72. The van der Waals surface area contributed by atoms with Gasteiger partial charge >= 0.3 is 0 Å². The Balaban J connectivity index is 2.16. The van der Waals surface area contributed by atoms with Gasteiger partial charge in [0, 0.05) is 11.5 Å². The molecule has 1 fully saturated rings. The van der Waals surface area contributed by atoms with Gasteiger partial charge < -0.3 is 16.6 Å². The predicted octanol–water partition coefficient (Wildman–Crippen LogP) is 0.214. The molecule has 3 heteroatoms. The number of hydrogen-bond donors (Lipinski definition) is 3. The average molecular weight is 172 g/mol. The van der Waals surface area contributed by atoms with E-state index in [2.05, 4.69) is 6.92 Å². The zero-order valence-electron chi connectivity index (χ0n) is 7.79. The third kappa shape index (κ3) is 1.97. The van der Waals surface area contributed by atoms with E-state index in [9.17, 15) is 5.11 Å². The summed E-state index contributed by atoms with van der Waals surface area (Å²) in [4.78, 5) is 0. The number of hydrogen-bond acceptors (Lipinski definition) is 3. The summed E-state index contributed by atoms with van der Waals surface area (Å²) < 4.78 is 0. The van der Waals surface area contributed by atoms with Crippen LogP contribution in [0.1, 0.15) is 32.6 Å². The third-order valence-electron chi connectivity index (χ3n) is 3.04. The molecule has 0 aliphatic heterocycles. The fraction of sp³-hybridized carbons (Fsp3) is 1.00. The fourth-order valence-electron chi connectivity index (χ4n) is 1.61. The lowest BCUT2D eigenvalue weighted by Crippen LogP contribution is -2.25. The molecule has 72 valence electrons. The molecule has 12 heavy (non-hydrogen) atoms. The zero-order chi connectivity index (χ0) is 9.19. The minimum atomic E-state index is -0.223. The summed E-state index contributed by atoms with van der Waals surface area (Å²) in [5.74, 6) is 0. The first-order valence-corrected chi connectivity index (χ1v) is 4.75. The number of rotatable bonds is 5. The molecule has 0 amide bonds. The fourth-order valence-corrected chi connectivity index (χ4v) is 1.61. The van der Waals surface area contributed by atoms with Crippen LogP contribution in [-0.2, 0) is 0 Å². The molecule has 0 spiro atoms. The topological polar surface area (TPSA) is 72.3 Å². The molecule has 0 aromatic carbocycles. The summed E-state index contributed by atoms with van der Waals surface area (Å²) in [6, 6.07) is 0.213. The highest BCUT2D eigenvalue weighted by Crippen LogP contribution is 2.48. The molecule has 0 aromatic heterocycles. The van der Waals surface area contributed by atoms with E-state index in [1.165, 1.54) is 0 Å². The van der Waals surface area contributed by atoms with Gasteiger partial charge in [0.15, 0.2) is 0 Å². The number of aliphatic hydroxyl groups excluding tert-OH is 1. The lowest BCUT2D eigenvalue weighted by molar-refractivity contribution is 0.0886. The summed E-state index contributed by atoms with van der Waals surface area (Å²) in [6.07, 6.45) is 3.61. The van der Waals surface area contributed by atoms with Crippen LogP contribution in [0.25, 0.3) is 0 Å². The van der Waals surface area contributed by atoms with Crippen molar-refractivity contribution in [3.05, 3.63) is 0 Å². The molecule has 0 heterocycles. The molecule has 5 N–H and O–H groups in total. The number of unbranched alkanes of at least 4 members (excludes halogenated alkanes) is 1. The second-order valence-corrected chi connectivity index (χ2v) is 4.12. The summed E-state index contributed by atoms with van der Waals surface area (Å²) in [6.45, 7) is 2.78. The lowest BCUT2D eigenvalue weighted by Gasteiger charge is -2.17. The highest BCUT2D eigenvalue weighted by atomic mass is 16.3. The molecular formula is C9H20N2O. The summed E-state index contributed by atoms with van der Waals surface area (Å²) in [7, 11) is 0. The van der Waals surface area contributed by atoms with Gasteiger partial charge in [0.2, 0.25) is 0 Å². The van der Waals surface area contributed by atoms with Crippen LogP contribution in [0.15, 0.2) is 0 Å². The highest BCUT2D eigenvalue weighted by molar-refractivity contribution is 5.06. The summed E-state index contributed by atoms with van der Waals surface area (Å²) in [5.41, 5.74) is 11.1. The van der Waals surface area contributed by atoms with Crippen molar-refractivity contribution in [1.29, 1.82) is 0 Å². The first-order chi connectivity index (χ1) is 5.61. The minimum absolute atomic E-state index is 0.00853. The van der Waals surface area contributed by atoms with Crippen LogP contribution < -0.4 is 11.5 Å². The highest BCUT2D eigenvalue weighted by Gasteiger charge is 2.52. The second-order valence-electron chi connectivity index (χ2n) is 4.12. The maximum absolute atomic E-state index is 9.72. The van der Waals surface area contributed by atoms with Crippen LogP contribution >= 0.6 is 0 Å². The molecule has 3 atom stereocenters. The van der Waals surface area contributed by atoms with Crippen LogP contribution in [0.5, 0.6) is 0 Å². The van der Waals surface area contributed by atoms with Gasteiger partial charge in [-0.25, -0.2) is 0 Å². The van der Waals surface area contributed by atoms with Crippen molar-refractivity contribution in [2.75, 3.05) is 6.54 Å². The first-order valence-electron chi connectivity index (χ1n) is 4.75. The van der Waals surface area contributed by atoms with E-state index in [1.54, 1.807) is 0 Å². The average Bonchev–Trinajstić information content (AvgIpc) is 2.62. The van der Waals surface area contributed by atoms with E-state index in [0.29, 0.717) is 0 Å². The lowest BCUT2D eigenvalue weighted by atomic mass is 9.96. The van der Waals surface area contributed by atoms with Crippen LogP contribution in [0, 0.1) is 5.41 Å². The monoisotopic (exact) mass is 172 g/mol. The molecule has 0 radical (unpaired) electrons. The normalized spacial score (nSPS) is 36.5. The minimum Gasteiger partial charge on any atom is -0.392 e. The van der Waals surface area contributed by atoms with E-state index >= 15 is 0 Å². The van der Waals surface area contributed by atoms with Gasteiger partial charge in [-0.3, -0.25) is 0 Å². The summed E-state index contributed by atoms with van der Waals surface area (Å²) >= 11 is 0. The molecule has 3 unspecified atom stereocenters. The standard InChI is InChI=1S/C9H20N2O/c1-9(6-7(9)11)8(12)4-2-3-5-10/h7-8,12H,2-6,10-11H2,1H3. The van der Waals surface area contributed by atoms with Gasteiger partial charge in [0.1, 0.15) is 0 Å². The Morgan fingerprint density at radius 1 is 1.58 bits per heavy atom. The Hall–Kier alpha value is -0.120. The van der Waals surface area contributed by atoms with Gasteiger partial charge in [0.05, 0.1) is 6.10 Å². The molecule has 1 aliphatic rings. The predicted molar refractivity (Wildman–Crippen MR) is 49.6 cm³/mol. The van der Waals surface area contributed by atoms with Crippen LogP contribution in [-0.4, -0.2) is 23.8 Å². The van der Waals surface area contributed by atoms with Crippen molar-refractivity contribution in [3.63, 3.8) is 0 Å². The maximum atomic E-state index is 9.72. The molecule has 1 rings (SSSR count). The molecule has 1 saturated carbocycles. The van der Waals surface area contributed by atoms with Crippen molar-refractivity contribution >= 4 is 0 Å². The van der Waals surface area contributed by atoms with Crippen molar-refractivity contribution in [3.8, 4) is 0 Å². The Labute approximate surface area is 74.1 Å². The van der Waals surface area contributed by atoms with E-state index in [1.807, 2.05) is 0 Å². The molecule has 0 aromatic rings. The second kappa shape index (κ2) is 3.73. The smallest absolute Gasteiger partial charge is 0.0609 e. The van der Waals surface area contributed by atoms with Gasteiger partial charge in [-0.1, -0.05) is 6.92 Å². The molecule has 0 bridgehead atoms. The van der Waals surface area contributed by atoms with E-state index in [4.69, 9.17) is 11.5 Å². The quantitative estimate of drug-likeness (QED) is 0.519. The van der Waals surface area contributed by atoms with Crippen molar-refractivity contribution < 1.29 is 5.11 Å². The number of aliphatic hydroxyl groups is 1. The van der Waals surface area contributed by atoms with Crippen LogP contribution in [0.2, 0.25) is 0 Å². The van der Waals surface area contributed by atoms with E-state index in [0.717, 1.165) is 32.2 Å². The Bertz CT molecular complexity index is 151. The molecule has 3 nitrogen and oxygen atoms in total. The molecule has 0 saturated heterocycles. The van der Waals surface area contributed by atoms with Gasteiger partial charge in [-0.05, 0) is 32.2 Å². The van der Waals surface area contributed by atoms with Crippen molar-refractivity contribution in [1.82, 2.24) is 0 Å². The van der Waals surface area contributed by atoms with Crippen molar-refractivity contribution in [2.24, 2.45) is 16.9 Å². The Kier molecular flexibility index (Phi) is 3.09. The Morgan fingerprint density at radius 2 is 2.17 bits per heavy atom. The van der Waals surface area contributed by atoms with Crippen LogP contribution in [0.4, 0.5) is 0 Å². The van der Waals surface area contributed by atoms with Crippen molar-refractivity contribution in [2.45, 2.75) is 44.8 Å².